The zero-order chi connectivity index (χ0) is 12.3. The van der Waals surface area contributed by atoms with Crippen LogP contribution in [0.15, 0.2) is 41.3 Å². The van der Waals surface area contributed by atoms with Gasteiger partial charge in [0.15, 0.2) is 0 Å². The minimum atomic E-state index is -0.490. The van der Waals surface area contributed by atoms with Crippen LogP contribution in [0.5, 0.6) is 0 Å². The van der Waals surface area contributed by atoms with E-state index in [-0.39, 0.29) is 11.5 Å². The molecule has 0 atom stereocenters. The summed E-state index contributed by atoms with van der Waals surface area (Å²) < 4.78 is 0.556. The monoisotopic (exact) mass is 294 g/mol. The van der Waals surface area contributed by atoms with Gasteiger partial charge in [-0.3, -0.25) is 15.1 Å². The second-order valence-corrected chi connectivity index (χ2v) is 4.06. The van der Waals surface area contributed by atoms with Gasteiger partial charge in [-0.15, -0.1) is 0 Å². The molecule has 2 rings (SSSR count). The van der Waals surface area contributed by atoms with Crippen LogP contribution in [-0.4, -0.2) is 14.9 Å². The third-order valence-electron chi connectivity index (χ3n) is 1.96. The van der Waals surface area contributed by atoms with E-state index in [2.05, 4.69) is 31.2 Å². The maximum absolute atomic E-state index is 10.9. The smallest absolute Gasteiger partial charge is 0.312 e. The minimum absolute atomic E-state index is 0.0942. The van der Waals surface area contributed by atoms with E-state index in [0.717, 1.165) is 0 Å². The first-order chi connectivity index (χ1) is 8.16. The largest absolute Gasteiger partial charge is 0.333 e. The van der Waals surface area contributed by atoms with Crippen molar-refractivity contribution >= 4 is 33.1 Å². The maximum atomic E-state index is 10.9. The van der Waals surface area contributed by atoms with Gasteiger partial charge in [-0.25, -0.2) is 4.98 Å². The molecule has 2 aromatic rings. The molecule has 86 valence electrons. The number of hydrogen-bond acceptors (Lipinski definition) is 5. The van der Waals surface area contributed by atoms with Gasteiger partial charge in [-0.2, -0.15) is 0 Å². The average molecular weight is 295 g/mol. The number of aromatic nitrogens is 2. The molecule has 0 saturated carbocycles. The third kappa shape index (κ3) is 2.76. The summed E-state index contributed by atoms with van der Waals surface area (Å²) in [6.45, 7) is 0. The number of anilines is 2. The van der Waals surface area contributed by atoms with Crippen molar-refractivity contribution in [2.75, 3.05) is 5.32 Å². The molecule has 0 aliphatic heterocycles. The first-order valence-corrected chi connectivity index (χ1v) is 5.43. The number of nitrogens with one attached hydrogen (secondary N) is 1. The zero-order valence-corrected chi connectivity index (χ0v) is 10.1. The van der Waals surface area contributed by atoms with Crippen molar-refractivity contribution < 1.29 is 4.92 Å². The molecule has 17 heavy (non-hydrogen) atoms. The number of pyridine rings is 2. The predicted molar refractivity (Wildman–Crippen MR) is 66.1 cm³/mol. The van der Waals surface area contributed by atoms with E-state index in [1.54, 1.807) is 24.5 Å². The molecule has 0 saturated heterocycles. The molecule has 7 heteroatoms. The molecule has 0 aromatic carbocycles. The van der Waals surface area contributed by atoms with E-state index in [9.17, 15) is 10.1 Å². The standard InChI is InChI=1S/C10H7BrN4O2/c11-7-4-9(15(16)17)10(13-5-7)14-8-2-1-3-12-6-8/h1-6H,(H,13,14). The first kappa shape index (κ1) is 11.5. The van der Waals surface area contributed by atoms with Gasteiger partial charge in [0.2, 0.25) is 5.82 Å². The molecule has 2 aromatic heterocycles. The van der Waals surface area contributed by atoms with Crippen molar-refractivity contribution in [3.05, 3.63) is 51.4 Å². The van der Waals surface area contributed by atoms with Gasteiger partial charge < -0.3 is 5.32 Å². The Kier molecular flexibility index (Phi) is 3.29. The van der Waals surface area contributed by atoms with Crippen LogP contribution in [-0.2, 0) is 0 Å². The fourth-order valence-electron chi connectivity index (χ4n) is 1.24. The Bertz CT molecular complexity index is 547. The van der Waals surface area contributed by atoms with Crippen molar-refractivity contribution in [1.82, 2.24) is 9.97 Å². The molecule has 2 heterocycles. The highest BCUT2D eigenvalue weighted by Crippen LogP contribution is 2.27. The lowest BCUT2D eigenvalue weighted by molar-refractivity contribution is -0.384. The zero-order valence-electron chi connectivity index (χ0n) is 8.50. The summed E-state index contributed by atoms with van der Waals surface area (Å²) >= 11 is 3.14. The van der Waals surface area contributed by atoms with Crippen LogP contribution in [0.2, 0.25) is 0 Å². The Morgan fingerprint density at radius 3 is 2.88 bits per heavy atom. The Labute approximate surface area is 105 Å². The Morgan fingerprint density at radius 2 is 2.24 bits per heavy atom. The summed E-state index contributed by atoms with van der Waals surface area (Å²) in [5.41, 5.74) is 0.550. The van der Waals surface area contributed by atoms with Crippen LogP contribution >= 0.6 is 15.9 Å². The first-order valence-electron chi connectivity index (χ1n) is 4.64. The lowest BCUT2D eigenvalue weighted by Gasteiger charge is -2.05. The number of halogens is 1. The molecule has 0 fully saturated rings. The second-order valence-electron chi connectivity index (χ2n) is 3.15. The summed E-state index contributed by atoms with van der Waals surface area (Å²) in [4.78, 5) is 18.2. The Balaban J connectivity index is 2.36. The fourth-order valence-corrected chi connectivity index (χ4v) is 1.56. The van der Waals surface area contributed by atoms with Crippen LogP contribution in [0, 0.1) is 10.1 Å². The summed E-state index contributed by atoms with van der Waals surface area (Å²) in [6, 6.07) is 4.87. The van der Waals surface area contributed by atoms with Gasteiger partial charge in [0.25, 0.3) is 0 Å². The van der Waals surface area contributed by atoms with Gasteiger partial charge in [0.05, 0.1) is 16.8 Å². The summed E-state index contributed by atoms with van der Waals surface area (Å²) in [5, 5.41) is 13.7. The molecule has 0 aliphatic rings. The molecule has 0 radical (unpaired) electrons. The average Bonchev–Trinajstić information content (AvgIpc) is 2.32. The van der Waals surface area contributed by atoms with Crippen LogP contribution in [0.25, 0.3) is 0 Å². The molecule has 0 amide bonds. The fraction of sp³-hybridized carbons (Fsp3) is 0. The number of rotatable bonds is 3. The van der Waals surface area contributed by atoms with Crippen LogP contribution in [0.4, 0.5) is 17.2 Å². The van der Waals surface area contributed by atoms with E-state index in [0.29, 0.717) is 10.2 Å². The highest BCUT2D eigenvalue weighted by Gasteiger charge is 2.15. The molecular weight excluding hydrogens is 288 g/mol. The van der Waals surface area contributed by atoms with Crippen molar-refractivity contribution in [2.45, 2.75) is 0 Å². The SMILES string of the molecule is O=[N+]([O-])c1cc(Br)cnc1Nc1cccnc1. The van der Waals surface area contributed by atoms with Gasteiger partial charge in [-0.05, 0) is 28.1 Å². The van der Waals surface area contributed by atoms with Gasteiger partial charge in [-0.1, -0.05) is 0 Å². The van der Waals surface area contributed by atoms with Crippen LogP contribution in [0.1, 0.15) is 0 Å². The van der Waals surface area contributed by atoms with Crippen LogP contribution in [0.3, 0.4) is 0 Å². The molecule has 0 bridgehead atoms. The summed E-state index contributed by atoms with van der Waals surface area (Å²) in [7, 11) is 0. The van der Waals surface area contributed by atoms with Crippen molar-refractivity contribution in [2.24, 2.45) is 0 Å². The number of hydrogen-bond donors (Lipinski definition) is 1. The summed E-state index contributed by atoms with van der Waals surface area (Å²) in [6.07, 6.45) is 4.67. The van der Waals surface area contributed by atoms with Crippen molar-refractivity contribution in [3.8, 4) is 0 Å². The van der Waals surface area contributed by atoms with Crippen molar-refractivity contribution in [1.29, 1.82) is 0 Å². The molecule has 1 N–H and O–H groups in total. The van der Waals surface area contributed by atoms with Gasteiger partial charge in [0.1, 0.15) is 0 Å². The van der Waals surface area contributed by atoms with E-state index >= 15 is 0 Å². The Hall–Kier alpha value is -2.02. The van der Waals surface area contributed by atoms with Gasteiger partial charge in [0, 0.05) is 22.9 Å². The topological polar surface area (TPSA) is 81.0 Å². The minimum Gasteiger partial charge on any atom is -0.333 e. The number of nitrogens with zero attached hydrogens (tertiary/aromatic N) is 3. The Morgan fingerprint density at radius 1 is 1.41 bits per heavy atom. The highest BCUT2D eigenvalue weighted by molar-refractivity contribution is 9.10. The highest BCUT2D eigenvalue weighted by atomic mass is 79.9. The van der Waals surface area contributed by atoms with E-state index in [1.807, 2.05) is 0 Å². The third-order valence-corrected chi connectivity index (χ3v) is 2.39. The van der Waals surface area contributed by atoms with Crippen LogP contribution < -0.4 is 5.32 Å². The normalized spacial score (nSPS) is 9.94. The lowest BCUT2D eigenvalue weighted by atomic mass is 10.3. The predicted octanol–water partition coefficient (Wildman–Crippen LogP) is 2.89. The summed E-state index contributed by atoms with van der Waals surface area (Å²) in [5.74, 6) is 0.186. The molecule has 0 unspecified atom stereocenters. The van der Waals surface area contributed by atoms with E-state index in [1.165, 1.54) is 12.3 Å². The van der Waals surface area contributed by atoms with Crippen molar-refractivity contribution in [3.63, 3.8) is 0 Å². The lowest BCUT2D eigenvalue weighted by Crippen LogP contribution is -1.99. The maximum Gasteiger partial charge on any atom is 0.312 e. The quantitative estimate of drug-likeness (QED) is 0.695. The molecule has 6 nitrogen and oxygen atoms in total. The van der Waals surface area contributed by atoms with Gasteiger partial charge >= 0.3 is 5.69 Å². The second kappa shape index (κ2) is 4.88. The van der Waals surface area contributed by atoms with E-state index < -0.39 is 4.92 Å². The molecule has 0 aliphatic carbocycles. The molecular formula is C10H7BrN4O2. The van der Waals surface area contributed by atoms with E-state index in [4.69, 9.17) is 0 Å². The number of nitro groups is 1. The molecule has 0 spiro atoms.